The molecule has 1 heterocycles. The molecule has 0 bridgehead atoms. The summed E-state index contributed by atoms with van der Waals surface area (Å²) in [6.45, 7) is 4.81. The Morgan fingerprint density at radius 2 is 2.32 bits per heavy atom. The van der Waals surface area contributed by atoms with Gasteiger partial charge in [0.1, 0.15) is 0 Å². The van der Waals surface area contributed by atoms with E-state index in [4.69, 9.17) is 0 Å². The van der Waals surface area contributed by atoms with Crippen molar-refractivity contribution in [3.63, 3.8) is 0 Å². The number of β-amino-alcohol motifs (C(OH)–C–C–N with tert-alkyl or cyclic N) is 1. The molecule has 1 aliphatic heterocycles. The van der Waals surface area contributed by atoms with Gasteiger partial charge in [-0.2, -0.15) is 0 Å². The SMILES string of the molecule is CCN(C(=O)CN1CCCC(O)C1)C1=CCCCC1. The van der Waals surface area contributed by atoms with E-state index in [0.29, 0.717) is 13.1 Å². The van der Waals surface area contributed by atoms with Crippen molar-refractivity contribution in [2.24, 2.45) is 0 Å². The number of aliphatic hydroxyl groups is 1. The molecule has 0 aromatic heterocycles. The highest BCUT2D eigenvalue weighted by Gasteiger charge is 2.23. The number of likely N-dealkylation sites (tertiary alicyclic amines) is 1. The Bertz CT molecular complexity index is 341. The molecule has 1 fully saturated rings. The minimum absolute atomic E-state index is 0.185. The average molecular weight is 266 g/mol. The van der Waals surface area contributed by atoms with Crippen molar-refractivity contribution in [1.82, 2.24) is 9.80 Å². The van der Waals surface area contributed by atoms with Crippen LogP contribution >= 0.6 is 0 Å². The largest absolute Gasteiger partial charge is 0.392 e. The van der Waals surface area contributed by atoms with Crippen LogP contribution in [0.15, 0.2) is 11.8 Å². The molecule has 1 aliphatic carbocycles. The maximum Gasteiger partial charge on any atom is 0.240 e. The van der Waals surface area contributed by atoms with E-state index in [1.807, 2.05) is 11.8 Å². The van der Waals surface area contributed by atoms with Crippen molar-refractivity contribution >= 4 is 5.91 Å². The second-order valence-electron chi connectivity index (χ2n) is 5.61. The normalized spacial score (nSPS) is 24.9. The third kappa shape index (κ3) is 4.05. The molecule has 4 nitrogen and oxygen atoms in total. The molecule has 2 rings (SSSR count). The number of carbonyl (C=O) groups excluding carboxylic acids is 1. The third-order valence-corrected chi connectivity index (χ3v) is 4.07. The predicted octanol–water partition coefficient (Wildman–Crippen LogP) is 1.75. The number of hydrogen-bond donors (Lipinski definition) is 1. The summed E-state index contributed by atoms with van der Waals surface area (Å²) in [5.41, 5.74) is 1.20. The van der Waals surface area contributed by atoms with Gasteiger partial charge in [-0.05, 0) is 52.0 Å². The topological polar surface area (TPSA) is 43.8 Å². The number of carbonyl (C=O) groups is 1. The Hall–Kier alpha value is -0.870. The van der Waals surface area contributed by atoms with Gasteiger partial charge in [0.05, 0.1) is 12.6 Å². The number of aliphatic hydroxyl groups excluding tert-OH is 1. The summed E-state index contributed by atoms with van der Waals surface area (Å²) in [5, 5.41) is 9.66. The number of nitrogens with zero attached hydrogens (tertiary/aromatic N) is 2. The van der Waals surface area contributed by atoms with E-state index in [1.54, 1.807) is 0 Å². The molecule has 1 atom stereocenters. The molecule has 0 saturated carbocycles. The van der Waals surface area contributed by atoms with Gasteiger partial charge in [-0.3, -0.25) is 9.69 Å². The molecule has 0 aromatic rings. The summed E-state index contributed by atoms with van der Waals surface area (Å²) in [6.07, 6.45) is 8.38. The molecule has 4 heteroatoms. The summed E-state index contributed by atoms with van der Waals surface area (Å²) in [4.78, 5) is 16.4. The van der Waals surface area contributed by atoms with Crippen molar-refractivity contribution in [3.05, 3.63) is 11.8 Å². The van der Waals surface area contributed by atoms with Gasteiger partial charge in [0.15, 0.2) is 0 Å². The summed E-state index contributed by atoms with van der Waals surface area (Å²) < 4.78 is 0. The first kappa shape index (κ1) is 14.5. The summed E-state index contributed by atoms with van der Waals surface area (Å²) >= 11 is 0. The first-order valence-corrected chi connectivity index (χ1v) is 7.60. The van der Waals surface area contributed by atoms with Crippen LogP contribution in [0.1, 0.15) is 45.4 Å². The van der Waals surface area contributed by atoms with Crippen LogP contribution < -0.4 is 0 Å². The van der Waals surface area contributed by atoms with E-state index < -0.39 is 0 Å². The van der Waals surface area contributed by atoms with Crippen LogP contribution in [0.25, 0.3) is 0 Å². The molecular formula is C15H26N2O2. The Kier molecular flexibility index (Phi) is 5.40. The van der Waals surface area contributed by atoms with Crippen LogP contribution in [0.4, 0.5) is 0 Å². The van der Waals surface area contributed by atoms with Gasteiger partial charge in [0.2, 0.25) is 5.91 Å². The zero-order valence-corrected chi connectivity index (χ0v) is 12.0. The number of piperidine rings is 1. The Morgan fingerprint density at radius 3 is 2.95 bits per heavy atom. The smallest absolute Gasteiger partial charge is 0.240 e. The van der Waals surface area contributed by atoms with Crippen LogP contribution in [-0.2, 0) is 4.79 Å². The minimum Gasteiger partial charge on any atom is -0.392 e. The minimum atomic E-state index is -0.259. The van der Waals surface area contributed by atoms with E-state index in [2.05, 4.69) is 11.0 Å². The molecule has 2 aliphatic rings. The van der Waals surface area contributed by atoms with Crippen molar-refractivity contribution in [2.75, 3.05) is 26.2 Å². The number of hydrogen-bond acceptors (Lipinski definition) is 3. The molecule has 19 heavy (non-hydrogen) atoms. The van der Waals surface area contributed by atoms with Gasteiger partial charge >= 0.3 is 0 Å². The molecule has 0 spiro atoms. The fourth-order valence-electron chi connectivity index (χ4n) is 3.06. The van der Waals surface area contributed by atoms with Crippen LogP contribution in [-0.4, -0.2) is 53.1 Å². The average Bonchev–Trinajstić information content (AvgIpc) is 2.41. The third-order valence-electron chi connectivity index (χ3n) is 4.07. The van der Waals surface area contributed by atoms with Gasteiger partial charge in [0, 0.05) is 18.8 Å². The Balaban J connectivity index is 1.91. The summed E-state index contributed by atoms with van der Waals surface area (Å²) in [7, 11) is 0. The van der Waals surface area contributed by atoms with Gasteiger partial charge in [-0.1, -0.05) is 6.08 Å². The van der Waals surface area contributed by atoms with E-state index in [9.17, 15) is 9.90 Å². The van der Waals surface area contributed by atoms with Crippen LogP contribution in [0.2, 0.25) is 0 Å². The van der Waals surface area contributed by atoms with Gasteiger partial charge in [-0.15, -0.1) is 0 Å². The fourth-order valence-corrected chi connectivity index (χ4v) is 3.06. The highest BCUT2D eigenvalue weighted by atomic mass is 16.3. The highest BCUT2D eigenvalue weighted by Crippen LogP contribution is 2.21. The Morgan fingerprint density at radius 1 is 1.47 bits per heavy atom. The lowest BCUT2D eigenvalue weighted by Crippen LogP contribution is -2.45. The molecule has 0 aromatic carbocycles. The van der Waals surface area contributed by atoms with Crippen molar-refractivity contribution in [1.29, 1.82) is 0 Å². The van der Waals surface area contributed by atoms with E-state index >= 15 is 0 Å². The lowest BCUT2D eigenvalue weighted by Gasteiger charge is -2.32. The molecule has 1 unspecified atom stereocenters. The van der Waals surface area contributed by atoms with Crippen molar-refractivity contribution < 1.29 is 9.90 Å². The van der Waals surface area contributed by atoms with Gasteiger partial charge in [-0.25, -0.2) is 0 Å². The monoisotopic (exact) mass is 266 g/mol. The zero-order valence-electron chi connectivity index (χ0n) is 12.0. The molecular weight excluding hydrogens is 240 g/mol. The quantitative estimate of drug-likeness (QED) is 0.843. The molecule has 1 N–H and O–H groups in total. The number of allylic oxidation sites excluding steroid dienone is 2. The van der Waals surface area contributed by atoms with Crippen LogP contribution in [0.5, 0.6) is 0 Å². The van der Waals surface area contributed by atoms with E-state index in [0.717, 1.165) is 38.8 Å². The van der Waals surface area contributed by atoms with Crippen LogP contribution in [0, 0.1) is 0 Å². The van der Waals surface area contributed by atoms with E-state index in [1.165, 1.54) is 18.5 Å². The summed E-state index contributed by atoms with van der Waals surface area (Å²) in [5.74, 6) is 0.185. The van der Waals surface area contributed by atoms with Crippen molar-refractivity contribution in [2.45, 2.75) is 51.6 Å². The number of amides is 1. The van der Waals surface area contributed by atoms with Crippen LogP contribution in [0.3, 0.4) is 0 Å². The first-order valence-electron chi connectivity index (χ1n) is 7.60. The second kappa shape index (κ2) is 7.06. The van der Waals surface area contributed by atoms with Crippen molar-refractivity contribution in [3.8, 4) is 0 Å². The number of likely N-dealkylation sites (N-methyl/N-ethyl adjacent to an activating group) is 1. The summed E-state index contributed by atoms with van der Waals surface area (Å²) in [6, 6.07) is 0. The van der Waals surface area contributed by atoms with Gasteiger partial charge < -0.3 is 10.0 Å². The first-order chi connectivity index (χ1) is 9.20. The fraction of sp³-hybridized carbons (Fsp3) is 0.800. The Labute approximate surface area is 116 Å². The standard InChI is InChI=1S/C15H26N2O2/c1-2-17(13-7-4-3-5-8-13)15(19)12-16-10-6-9-14(18)11-16/h7,14,18H,2-6,8-12H2,1H3. The molecule has 108 valence electrons. The van der Waals surface area contributed by atoms with E-state index in [-0.39, 0.29) is 12.0 Å². The van der Waals surface area contributed by atoms with Gasteiger partial charge in [0.25, 0.3) is 0 Å². The highest BCUT2D eigenvalue weighted by molar-refractivity contribution is 5.80. The maximum atomic E-state index is 12.4. The number of rotatable bonds is 4. The predicted molar refractivity (Wildman–Crippen MR) is 75.6 cm³/mol. The lowest BCUT2D eigenvalue weighted by molar-refractivity contribution is -0.131. The maximum absolute atomic E-state index is 12.4. The molecule has 1 amide bonds. The lowest BCUT2D eigenvalue weighted by atomic mass is 10.0. The molecule has 1 saturated heterocycles. The zero-order chi connectivity index (χ0) is 13.7. The second-order valence-corrected chi connectivity index (χ2v) is 5.61. The molecule has 0 radical (unpaired) electrons.